The lowest BCUT2D eigenvalue weighted by Crippen LogP contribution is -2.44. The topological polar surface area (TPSA) is 55.1 Å². The Bertz CT molecular complexity index is 480. The second-order valence-corrected chi connectivity index (χ2v) is 7.02. The Hall–Kier alpha value is -0.140. The van der Waals surface area contributed by atoms with Crippen molar-refractivity contribution in [2.45, 2.75) is 32.2 Å². The Morgan fingerprint density at radius 2 is 2.33 bits per heavy atom. The molecule has 0 spiro atoms. The number of nitrogens with two attached hydrogens (primary N) is 1. The van der Waals surface area contributed by atoms with E-state index in [9.17, 15) is 4.79 Å². The minimum Gasteiger partial charge on any atom is -0.327 e. The zero-order valence-electron chi connectivity index (χ0n) is 10.2. The first-order valence-electron chi connectivity index (χ1n) is 5.95. The smallest absolute Gasteiger partial charge is 0.231 e. The highest BCUT2D eigenvalue weighted by Gasteiger charge is 2.42. The summed E-state index contributed by atoms with van der Waals surface area (Å²) in [6.45, 7) is 1.96. The van der Waals surface area contributed by atoms with Crippen LogP contribution in [0.15, 0.2) is 22.7 Å². The molecule has 1 fully saturated rings. The molecule has 0 saturated heterocycles. The number of hydrogen-bond donors (Lipinski definition) is 2. The van der Waals surface area contributed by atoms with E-state index >= 15 is 0 Å². The molecular weight excluding hydrogens is 407 g/mol. The highest BCUT2D eigenvalue weighted by atomic mass is 127. The van der Waals surface area contributed by atoms with Gasteiger partial charge in [-0.25, -0.2) is 0 Å². The maximum atomic E-state index is 12.3. The van der Waals surface area contributed by atoms with Crippen LogP contribution < -0.4 is 11.1 Å². The Labute approximate surface area is 129 Å². The monoisotopic (exact) mass is 422 g/mol. The molecular formula is C13H16BrIN2O. The fourth-order valence-electron chi connectivity index (χ4n) is 2.32. The van der Waals surface area contributed by atoms with E-state index < -0.39 is 5.41 Å². The molecule has 3 nitrogen and oxygen atoms in total. The Balaban J connectivity index is 2.14. The maximum absolute atomic E-state index is 12.3. The van der Waals surface area contributed by atoms with Gasteiger partial charge in [0.2, 0.25) is 5.91 Å². The summed E-state index contributed by atoms with van der Waals surface area (Å²) >= 11 is 5.67. The van der Waals surface area contributed by atoms with E-state index in [4.69, 9.17) is 5.73 Å². The van der Waals surface area contributed by atoms with Gasteiger partial charge in [0.25, 0.3) is 0 Å². The van der Waals surface area contributed by atoms with Gasteiger partial charge in [0.15, 0.2) is 0 Å². The molecule has 0 bridgehead atoms. The number of hydrogen-bond acceptors (Lipinski definition) is 2. The molecule has 1 aliphatic carbocycles. The predicted octanol–water partition coefficient (Wildman–Crippen LogP) is 3.51. The highest BCUT2D eigenvalue weighted by molar-refractivity contribution is 14.1. The van der Waals surface area contributed by atoms with Crippen LogP contribution >= 0.6 is 38.5 Å². The fourth-order valence-corrected chi connectivity index (χ4v) is 3.08. The molecule has 0 heterocycles. The van der Waals surface area contributed by atoms with E-state index in [-0.39, 0.29) is 11.9 Å². The lowest BCUT2D eigenvalue weighted by molar-refractivity contribution is -0.125. The molecule has 2 rings (SSSR count). The van der Waals surface area contributed by atoms with E-state index in [0.29, 0.717) is 0 Å². The number of rotatable bonds is 2. The van der Waals surface area contributed by atoms with Crippen LogP contribution in [0.3, 0.4) is 0 Å². The molecule has 1 aromatic carbocycles. The van der Waals surface area contributed by atoms with Gasteiger partial charge >= 0.3 is 0 Å². The molecule has 0 aliphatic heterocycles. The number of carbonyl (C=O) groups is 1. The third kappa shape index (κ3) is 2.72. The van der Waals surface area contributed by atoms with Crippen LogP contribution in [-0.2, 0) is 4.79 Å². The van der Waals surface area contributed by atoms with Crippen LogP contribution in [0.4, 0.5) is 5.69 Å². The van der Waals surface area contributed by atoms with E-state index in [1.54, 1.807) is 0 Å². The van der Waals surface area contributed by atoms with Gasteiger partial charge in [0.1, 0.15) is 0 Å². The summed E-state index contributed by atoms with van der Waals surface area (Å²) in [5.41, 5.74) is 6.45. The van der Waals surface area contributed by atoms with E-state index in [0.717, 1.165) is 33.0 Å². The summed E-state index contributed by atoms with van der Waals surface area (Å²) < 4.78 is 2.11. The van der Waals surface area contributed by atoms with Crippen molar-refractivity contribution in [3.8, 4) is 0 Å². The largest absolute Gasteiger partial charge is 0.327 e. The molecule has 0 aromatic heterocycles. The second-order valence-electron chi connectivity index (χ2n) is 5.00. The van der Waals surface area contributed by atoms with E-state index in [1.165, 1.54) is 0 Å². The molecule has 2 unspecified atom stereocenters. The van der Waals surface area contributed by atoms with Gasteiger partial charge in [-0.1, -0.05) is 6.42 Å². The van der Waals surface area contributed by atoms with Gasteiger partial charge < -0.3 is 11.1 Å². The van der Waals surface area contributed by atoms with Gasteiger partial charge in [-0.2, -0.15) is 0 Å². The van der Waals surface area contributed by atoms with E-state index in [2.05, 4.69) is 43.8 Å². The summed E-state index contributed by atoms with van der Waals surface area (Å²) in [5.74, 6) is 0.0330. The SMILES string of the molecule is CC1(C(=O)Nc2ccc(Br)c(I)c2)CCCC1N. The summed E-state index contributed by atoms with van der Waals surface area (Å²) in [5, 5.41) is 2.98. The molecule has 98 valence electrons. The third-order valence-corrected chi connectivity index (χ3v) is 6.05. The van der Waals surface area contributed by atoms with Crippen molar-refractivity contribution in [3.05, 3.63) is 26.2 Å². The predicted molar refractivity (Wildman–Crippen MR) is 85.4 cm³/mol. The number of halogens is 2. The fraction of sp³-hybridized carbons (Fsp3) is 0.462. The number of anilines is 1. The average molecular weight is 423 g/mol. The van der Waals surface area contributed by atoms with Crippen molar-refractivity contribution >= 4 is 50.1 Å². The molecule has 5 heteroatoms. The van der Waals surface area contributed by atoms with Crippen LogP contribution in [0.5, 0.6) is 0 Å². The molecule has 1 aliphatic rings. The van der Waals surface area contributed by atoms with Gasteiger partial charge in [-0.05, 0) is 76.5 Å². The van der Waals surface area contributed by atoms with Crippen molar-refractivity contribution in [2.75, 3.05) is 5.32 Å². The first-order valence-corrected chi connectivity index (χ1v) is 7.83. The normalized spacial score (nSPS) is 27.2. The average Bonchev–Trinajstić information content (AvgIpc) is 2.66. The summed E-state index contributed by atoms with van der Waals surface area (Å²) in [6, 6.07) is 5.75. The van der Waals surface area contributed by atoms with Crippen LogP contribution in [0.25, 0.3) is 0 Å². The second kappa shape index (κ2) is 5.46. The summed E-state index contributed by atoms with van der Waals surface area (Å²) in [7, 11) is 0. The highest BCUT2D eigenvalue weighted by Crippen LogP contribution is 2.37. The Morgan fingerprint density at radius 1 is 1.61 bits per heavy atom. The zero-order valence-corrected chi connectivity index (χ0v) is 13.9. The molecule has 1 amide bonds. The lowest BCUT2D eigenvalue weighted by Gasteiger charge is -2.27. The quantitative estimate of drug-likeness (QED) is 0.716. The standard InChI is InChI=1S/C13H16BrIN2O/c1-13(6-2-3-11(13)16)12(18)17-8-4-5-9(14)10(15)7-8/h4-5,7,11H,2-3,6,16H2,1H3,(H,17,18). The minimum atomic E-state index is -0.432. The molecule has 18 heavy (non-hydrogen) atoms. The van der Waals surface area contributed by atoms with Crippen LogP contribution in [0.2, 0.25) is 0 Å². The number of carbonyl (C=O) groups excluding carboxylic acids is 1. The van der Waals surface area contributed by atoms with Crippen LogP contribution in [-0.4, -0.2) is 11.9 Å². The Morgan fingerprint density at radius 3 is 2.89 bits per heavy atom. The number of nitrogens with one attached hydrogen (secondary N) is 1. The zero-order chi connectivity index (χ0) is 13.3. The van der Waals surface area contributed by atoms with Gasteiger partial charge in [0.05, 0.1) is 5.41 Å². The van der Waals surface area contributed by atoms with E-state index in [1.807, 2.05) is 25.1 Å². The van der Waals surface area contributed by atoms with Crippen molar-refractivity contribution < 1.29 is 4.79 Å². The third-order valence-electron chi connectivity index (χ3n) is 3.73. The molecule has 0 radical (unpaired) electrons. The molecule has 3 N–H and O–H groups in total. The molecule has 2 atom stereocenters. The Kier molecular flexibility index (Phi) is 4.33. The summed E-state index contributed by atoms with van der Waals surface area (Å²) in [6.07, 6.45) is 2.83. The number of amides is 1. The molecule has 1 aromatic rings. The first-order chi connectivity index (χ1) is 8.43. The van der Waals surface area contributed by atoms with Crippen molar-refractivity contribution in [1.82, 2.24) is 0 Å². The van der Waals surface area contributed by atoms with Gasteiger partial charge in [-0.3, -0.25) is 4.79 Å². The minimum absolute atomic E-state index is 0.0330. The number of benzene rings is 1. The molecule has 1 saturated carbocycles. The van der Waals surface area contributed by atoms with Crippen LogP contribution in [0.1, 0.15) is 26.2 Å². The van der Waals surface area contributed by atoms with Crippen molar-refractivity contribution in [1.29, 1.82) is 0 Å². The maximum Gasteiger partial charge on any atom is 0.231 e. The van der Waals surface area contributed by atoms with Crippen molar-refractivity contribution in [2.24, 2.45) is 11.1 Å². The van der Waals surface area contributed by atoms with Crippen LogP contribution in [0, 0.1) is 8.99 Å². The van der Waals surface area contributed by atoms with Gasteiger partial charge in [-0.15, -0.1) is 0 Å². The van der Waals surface area contributed by atoms with Crippen molar-refractivity contribution in [3.63, 3.8) is 0 Å². The summed E-state index contributed by atoms with van der Waals surface area (Å²) in [4.78, 5) is 12.3. The van der Waals surface area contributed by atoms with Gasteiger partial charge in [0, 0.05) is 19.8 Å². The first kappa shape index (κ1) is 14.3. The lowest BCUT2D eigenvalue weighted by atomic mass is 9.84.